The number of aromatic nitrogens is 3. The van der Waals surface area contributed by atoms with Crippen molar-refractivity contribution in [3.05, 3.63) is 34.7 Å². The van der Waals surface area contributed by atoms with Gasteiger partial charge in [-0.15, -0.1) is 0 Å². The Morgan fingerprint density at radius 1 is 1.06 bits per heavy atom. The number of hydrogen-bond acceptors (Lipinski definition) is 4. The Balaban J connectivity index is 2.13. The summed E-state index contributed by atoms with van der Waals surface area (Å²) < 4.78 is 78.5. The van der Waals surface area contributed by atoms with E-state index in [2.05, 4.69) is 9.97 Å². The minimum absolute atomic E-state index is 0.0640. The van der Waals surface area contributed by atoms with E-state index in [4.69, 9.17) is 11.6 Å². The molecule has 0 unspecified atom stereocenters. The van der Waals surface area contributed by atoms with Gasteiger partial charge in [0, 0.05) is 19.0 Å². The number of amides is 1. The Labute approximate surface area is 189 Å². The van der Waals surface area contributed by atoms with Gasteiger partial charge in [0.25, 0.3) is 0 Å². The predicted octanol–water partition coefficient (Wildman–Crippen LogP) is 4.43. The van der Waals surface area contributed by atoms with Gasteiger partial charge in [-0.1, -0.05) is 17.7 Å². The monoisotopic (exact) mass is 495 g/mol. The highest BCUT2D eigenvalue weighted by Crippen LogP contribution is 2.34. The largest absolute Gasteiger partial charge is 0.406 e. The van der Waals surface area contributed by atoms with Gasteiger partial charge in [-0.25, -0.2) is 9.97 Å². The van der Waals surface area contributed by atoms with Crippen LogP contribution < -0.4 is 0 Å². The van der Waals surface area contributed by atoms with Crippen LogP contribution in [0, 0.1) is 0 Å². The predicted molar refractivity (Wildman–Crippen MR) is 111 cm³/mol. The van der Waals surface area contributed by atoms with E-state index in [1.165, 1.54) is 6.07 Å². The number of halogens is 7. The standard InChI is InChI=1S/C20H20ClF6N5O/c1-30(2)8-11-4-5-13-12(6-11)16-17(32(13)10-20(25,26)27)18(21)29-14(28-16)7-15(33)31(3)9-19(22,23)24/h4-6H,7-10H2,1-3H3. The number of hydrogen-bond donors (Lipinski definition) is 0. The van der Waals surface area contributed by atoms with Crippen molar-refractivity contribution in [1.29, 1.82) is 0 Å². The van der Waals surface area contributed by atoms with Crippen molar-refractivity contribution in [2.75, 3.05) is 27.7 Å². The number of fused-ring (bicyclic) bond motifs is 3. The zero-order chi connectivity index (χ0) is 24.7. The lowest BCUT2D eigenvalue weighted by Crippen LogP contribution is -2.37. The lowest BCUT2D eigenvalue weighted by atomic mass is 10.1. The zero-order valence-corrected chi connectivity index (χ0v) is 18.6. The van der Waals surface area contributed by atoms with Crippen molar-refractivity contribution in [3.8, 4) is 0 Å². The maximum absolute atomic E-state index is 13.3. The van der Waals surface area contributed by atoms with Gasteiger partial charge < -0.3 is 14.4 Å². The average Bonchev–Trinajstić information content (AvgIpc) is 2.92. The van der Waals surface area contributed by atoms with E-state index in [0.717, 1.165) is 17.2 Å². The van der Waals surface area contributed by atoms with Gasteiger partial charge in [-0.05, 0) is 31.8 Å². The van der Waals surface area contributed by atoms with Crippen LogP contribution >= 0.6 is 11.6 Å². The molecule has 3 aromatic rings. The molecule has 33 heavy (non-hydrogen) atoms. The van der Waals surface area contributed by atoms with Crippen molar-refractivity contribution in [3.63, 3.8) is 0 Å². The summed E-state index contributed by atoms with van der Waals surface area (Å²) in [4.78, 5) is 22.7. The van der Waals surface area contributed by atoms with Crippen molar-refractivity contribution < 1.29 is 31.1 Å². The van der Waals surface area contributed by atoms with Gasteiger partial charge in [-0.2, -0.15) is 26.3 Å². The van der Waals surface area contributed by atoms with E-state index >= 15 is 0 Å². The molecule has 13 heteroatoms. The highest BCUT2D eigenvalue weighted by molar-refractivity contribution is 6.34. The molecule has 2 aromatic heterocycles. The van der Waals surface area contributed by atoms with E-state index in [1.807, 2.05) is 19.0 Å². The van der Waals surface area contributed by atoms with E-state index in [0.29, 0.717) is 16.8 Å². The number of nitrogens with zero attached hydrogens (tertiary/aromatic N) is 5. The number of alkyl halides is 6. The fourth-order valence-corrected chi connectivity index (χ4v) is 3.83. The minimum atomic E-state index is -4.58. The van der Waals surface area contributed by atoms with Gasteiger partial charge in [0.2, 0.25) is 5.91 Å². The summed E-state index contributed by atoms with van der Waals surface area (Å²) in [6, 6.07) is 4.89. The van der Waals surface area contributed by atoms with Gasteiger partial charge in [0.05, 0.1) is 11.9 Å². The molecule has 0 saturated carbocycles. The Bertz CT molecular complexity index is 1190. The number of benzene rings is 1. The molecule has 0 N–H and O–H groups in total. The van der Waals surface area contributed by atoms with Crippen LogP contribution in [0.1, 0.15) is 11.4 Å². The molecule has 0 aliphatic carbocycles. The van der Waals surface area contributed by atoms with Crippen LogP contribution in [-0.2, 0) is 24.3 Å². The highest BCUT2D eigenvalue weighted by Gasteiger charge is 2.33. The molecule has 0 radical (unpaired) electrons. The van der Waals surface area contributed by atoms with E-state index < -0.39 is 37.8 Å². The van der Waals surface area contributed by atoms with Crippen LogP contribution in [0.25, 0.3) is 21.9 Å². The molecule has 1 amide bonds. The molecular weight excluding hydrogens is 476 g/mol. The van der Waals surface area contributed by atoms with Crippen molar-refractivity contribution >= 4 is 39.4 Å². The lowest BCUT2D eigenvalue weighted by Gasteiger charge is -2.18. The van der Waals surface area contributed by atoms with Gasteiger partial charge in [-0.3, -0.25) is 4.79 Å². The lowest BCUT2D eigenvalue weighted by molar-refractivity contribution is -0.158. The van der Waals surface area contributed by atoms with Crippen LogP contribution in [0.2, 0.25) is 5.15 Å². The summed E-state index contributed by atoms with van der Waals surface area (Å²) in [5.41, 5.74) is 1.05. The molecule has 0 aliphatic heterocycles. The summed E-state index contributed by atoms with van der Waals surface area (Å²) in [5.74, 6) is -1.09. The molecule has 0 saturated heterocycles. The highest BCUT2D eigenvalue weighted by atomic mass is 35.5. The maximum Gasteiger partial charge on any atom is 0.406 e. The molecular formula is C20H20ClF6N5O. The maximum atomic E-state index is 13.3. The third kappa shape index (κ3) is 6.05. The summed E-state index contributed by atoms with van der Waals surface area (Å²) in [7, 11) is 4.65. The third-order valence-electron chi connectivity index (χ3n) is 4.75. The molecule has 6 nitrogen and oxygen atoms in total. The molecule has 2 heterocycles. The van der Waals surface area contributed by atoms with Crippen LogP contribution in [0.5, 0.6) is 0 Å². The molecule has 3 rings (SSSR count). The summed E-state index contributed by atoms with van der Waals surface area (Å²) in [6.45, 7) is -2.29. The Morgan fingerprint density at radius 3 is 2.30 bits per heavy atom. The van der Waals surface area contributed by atoms with Gasteiger partial charge >= 0.3 is 12.4 Å². The van der Waals surface area contributed by atoms with Crippen molar-refractivity contribution in [1.82, 2.24) is 24.3 Å². The van der Waals surface area contributed by atoms with Gasteiger partial charge in [0.1, 0.15) is 29.9 Å². The fraction of sp³-hybridized carbons (Fsp3) is 0.450. The topological polar surface area (TPSA) is 54.3 Å². The van der Waals surface area contributed by atoms with Crippen molar-refractivity contribution in [2.45, 2.75) is 31.9 Å². The third-order valence-corrected chi connectivity index (χ3v) is 5.02. The van der Waals surface area contributed by atoms with Crippen LogP contribution in [-0.4, -0.2) is 70.3 Å². The Kier molecular flexibility index (Phi) is 6.81. The fourth-order valence-electron chi connectivity index (χ4n) is 3.54. The molecule has 0 fully saturated rings. The second-order valence-electron chi connectivity index (χ2n) is 7.96. The Morgan fingerprint density at radius 2 is 1.73 bits per heavy atom. The summed E-state index contributed by atoms with van der Waals surface area (Å²) >= 11 is 6.21. The molecule has 1 aromatic carbocycles. The first-order valence-electron chi connectivity index (χ1n) is 9.64. The number of carbonyl (C=O) groups is 1. The van der Waals surface area contributed by atoms with Gasteiger partial charge in [0.15, 0.2) is 5.15 Å². The van der Waals surface area contributed by atoms with E-state index in [1.54, 1.807) is 12.1 Å². The molecule has 0 atom stereocenters. The second kappa shape index (κ2) is 8.98. The SMILES string of the molecule is CN(C)Cc1ccc2c(c1)c1nc(CC(=O)N(C)CC(F)(F)F)nc(Cl)c1n2CC(F)(F)F. The first kappa shape index (κ1) is 25.0. The second-order valence-corrected chi connectivity index (χ2v) is 8.32. The molecule has 0 bridgehead atoms. The number of carbonyl (C=O) groups excluding carboxylic acids is 1. The Hall–Kier alpha value is -2.60. The van der Waals surface area contributed by atoms with Crippen LogP contribution in [0.4, 0.5) is 26.3 Å². The summed E-state index contributed by atoms with van der Waals surface area (Å²) in [5, 5.41) is 0.0473. The normalized spacial score (nSPS) is 12.8. The average molecular weight is 496 g/mol. The molecule has 0 spiro atoms. The number of likely N-dealkylation sites (N-methyl/N-ethyl adjacent to an activating group) is 1. The van der Waals surface area contributed by atoms with Crippen LogP contribution in [0.3, 0.4) is 0 Å². The summed E-state index contributed by atoms with van der Waals surface area (Å²) in [6.07, 6.45) is -9.73. The van der Waals surface area contributed by atoms with Crippen molar-refractivity contribution in [2.24, 2.45) is 0 Å². The van der Waals surface area contributed by atoms with E-state index in [-0.39, 0.29) is 27.5 Å². The quantitative estimate of drug-likeness (QED) is 0.375. The first-order valence-corrected chi connectivity index (χ1v) is 10.0. The molecule has 180 valence electrons. The minimum Gasteiger partial charge on any atom is -0.336 e. The first-order chi connectivity index (χ1) is 15.1. The number of rotatable bonds is 6. The smallest absolute Gasteiger partial charge is 0.336 e. The molecule has 0 aliphatic rings. The van der Waals surface area contributed by atoms with E-state index in [9.17, 15) is 31.1 Å². The zero-order valence-electron chi connectivity index (χ0n) is 17.9. The van der Waals surface area contributed by atoms with Crippen LogP contribution in [0.15, 0.2) is 18.2 Å².